The lowest BCUT2D eigenvalue weighted by Crippen LogP contribution is -3.00. The zero-order valence-electron chi connectivity index (χ0n) is 17.4. The minimum absolute atomic E-state index is 0. The summed E-state index contributed by atoms with van der Waals surface area (Å²) in [6.45, 7) is 5.04. The van der Waals surface area contributed by atoms with E-state index < -0.39 is 6.10 Å². The van der Waals surface area contributed by atoms with Gasteiger partial charge in [0.1, 0.15) is 12.1 Å². The van der Waals surface area contributed by atoms with E-state index in [4.69, 9.17) is 14.2 Å². The number of ether oxygens (including phenoxy) is 3. The lowest BCUT2D eigenvalue weighted by molar-refractivity contribution is -0.694. The number of rotatable bonds is 10. The first kappa shape index (κ1) is 24.1. The average molecular weight is 410 g/mol. The third kappa shape index (κ3) is 6.30. The molecule has 0 radical (unpaired) electrons. The van der Waals surface area contributed by atoms with Crippen LogP contribution in [0.2, 0.25) is 0 Å². The molecule has 0 spiro atoms. The Kier molecular flexibility index (Phi) is 10.1. The predicted octanol–water partition coefficient (Wildman–Crippen LogP) is -0.357. The van der Waals surface area contributed by atoms with Crippen molar-refractivity contribution < 1.29 is 37.0 Å². The Hall–Kier alpha value is -1.95. The lowest BCUT2D eigenvalue weighted by Gasteiger charge is -2.18. The molecule has 0 saturated carbocycles. The van der Waals surface area contributed by atoms with Crippen molar-refractivity contribution in [2.45, 2.75) is 38.8 Å². The third-order valence-electron chi connectivity index (χ3n) is 4.85. The van der Waals surface area contributed by atoms with E-state index >= 15 is 0 Å². The Morgan fingerprint density at radius 1 is 0.964 bits per heavy atom. The lowest BCUT2D eigenvalue weighted by atomic mass is 10.0. The first-order chi connectivity index (χ1) is 13.0. The van der Waals surface area contributed by atoms with Crippen LogP contribution in [-0.2, 0) is 6.42 Å². The van der Waals surface area contributed by atoms with Crippen LogP contribution in [0.4, 0.5) is 0 Å². The number of nitrogens with two attached hydrogens (primary N) is 1. The molecule has 5 nitrogen and oxygen atoms in total. The molecular formula is C22H32ClNO4. The number of methoxy groups -OCH3 is 3. The number of hydrogen-bond donors (Lipinski definition) is 2. The summed E-state index contributed by atoms with van der Waals surface area (Å²) in [6, 6.07) is 12.2. The first-order valence-corrected chi connectivity index (χ1v) is 9.37. The summed E-state index contributed by atoms with van der Waals surface area (Å²) < 4.78 is 16.2. The molecule has 0 aliphatic rings. The van der Waals surface area contributed by atoms with Gasteiger partial charge in [-0.2, -0.15) is 0 Å². The molecule has 156 valence electrons. The number of aliphatic hydroxyl groups excluding tert-OH is 1. The minimum atomic E-state index is -0.466. The summed E-state index contributed by atoms with van der Waals surface area (Å²) in [4.78, 5) is 0. The summed E-state index contributed by atoms with van der Waals surface area (Å²) >= 11 is 0. The molecule has 0 aliphatic carbocycles. The molecule has 0 bridgehead atoms. The number of hydrogen-bond acceptors (Lipinski definition) is 4. The fraction of sp³-hybridized carbons (Fsp3) is 0.455. The number of halogens is 1. The summed E-state index contributed by atoms with van der Waals surface area (Å²) in [5, 5.41) is 12.7. The van der Waals surface area contributed by atoms with E-state index in [0.29, 0.717) is 17.2 Å². The third-order valence-corrected chi connectivity index (χ3v) is 4.85. The van der Waals surface area contributed by atoms with Gasteiger partial charge in [-0.25, -0.2) is 0 Å². The van der Waals surface area contributed by atoms with Crippen LogP contribution in [-0.4, -0.2) is 39.0 Å². The maximum atomic E-state index is 10.5. The Morgan fingerprint density at radius 2 is 1.54 bits per heavy atom. The highest BCUT2D eigenvalue weighted by atomic mass is 35.5. The second kappa shape index (κ2) is 11.8. The maximum absolute atomic E-state index is 10.5. The molecular weight excluding hydrogens is 378 g/mol. The SMILES string of the molecule is COc1cc(CCC[NH2+]C(C)C(O)c2ccc(C)cc2)cc(OC)c1OC.[Cl-]. The highest BCUT2D eigenvalue weighted by Gasteiger charge is 2.19. The van der Waals surface area contributed by atoms with Crippen molar-refractivity contribution in [3.8, 4) is 17.2 Å². The van der Waals surface area contributed by atoms with Gasteiger partial charge in [0.15, 0.2) is 11.5 Å². The number of benzene rings is 2. The molecule has 0 fully saturated rings. The molecule has 2 aromatic rings. The standard InChI is InChI=1S/C22H31NO4.ClH/c1-15-8-10-18(11-9-15)21(24)16(2)23-12-6-7-17-13-19(25-3)22(27-5)20(14-17)26-4;/h8-11,13-14,16,21,23-24H,6-7,12H2,1-5H3;1H. The van der Waals surface area contributed by atoms with Crippen molar-refractivity contribution in [2.24, 2.45) is 0 Å². The van der Waals surface area contributed by atoms with E-state index in [1.165, 1.54) is 5.56 Å². The van der Waals surface area contributed by atoms with Gasteiger partial charge in [0.05, 0.1) is 27.9 Å². The number of aryl methyl sites for hydroxylation is 2. The second-order valence-electron chi connectivity index (χ2n) is 6.88. The molecule has 3 N–H and O–H groups in total. The number of aliphatic hydroxyl groups is 1. The van der Waals surface area contributed by atoms with Gasteiger partial charge < -0.3 is 37.0 Å². The van der Waals surface area contributed by atoms with Crippen LogP contribution in [0.1, 0.15) is 36.1 Å². The summed E-state index contributed by atoms with van der Waals surface area (Å²) in [5.41, 5.74) is 3.31. The minimum Gasteiger partial charge on any atom is -1.00 e. The van der Waals surface area contributed by atoms with Crippen LogP contribution in [0.5, 0.6) is 17.2 Å². The van der Waals surface area contributed by atoms with Gasteiger partial charge in [0.2, 0.25) is 5.75 Å². The van der Waals surface area contributed by atoms with Gasteiger partial charge in [-0.15, -0.1) is 0 Å². The van der Waals surface area contributed by atoms with Crippen molar-refractivity contribution in [1.29, 1.82) is 0 Å². The molecule has 2 unspecified atom stereocenters. The van der Waals surface area contributed by atoms with Gasteiger partial charge in [-0.1, -0.05) is 29.8 Å². The fourth-order valence-corrected chi connectivity index (χ4v) is 3.16. The van der Waals surface area contributed by atoms with Gasteiger partial charge >= 0.3 is 0 Å². The summed E-state index contributed by atoms with van der Waals surface area (Å²) in [6.07, 6.45) is 1.43. The van der Waals surface area contributed by atoms with E-state index in [2.05, 4.69) is 19.2 Å². The van der Waals surface area contributed by atoms with Crippen LogP contribution in [0.15, 0.2) is 36.4 Å². The van der Waals surface area contributed by atoms with E-state index in [9.17, 15) is 5.11 Å². The molecule has 0 aliphatic heterocycles. The first-order valence-electron chi connectivity index (χ1n) is 9.37. The highest BCUT2D eigenvalue weighted by molar-refractivity contribution is 5.53. The average Bonchev–Trinajstić information content (AvgIpc) is 2.70. The van der Waals surface area contributed by atoms with E-state index in [-0.39, 0.29) is 18.4 Å². The van der Waals surface area contributed by atoms with E-state index in [1.54, 1.807) is 21.3 Å². The van der Waals surface area contributed by atoms with Crippen LogP contribution < -0.4 is 31.9 Å². The highest BCUT2D eigenvalue weighted by Crippen LogP contribution is 2.38. The monoisotopic (exact) mass is 409 g/mol. The zero-order valence-corrected chi connectivity index (χ0v) is 18.1. The van der Waals surface area contributed by atoms with Gasteiger partial charge in [-0.3, -0.25) is 0 Å². The van der Waals surface area contributed by atoms with Crippen molar-refractivity contribution in [2.75, 3.05) is 27.9 Å². The quantitative estimate of drug-likeness (QED) is 0.526. The number of quaternary nitrogens is 1. The van der Waals surface area contributed by atoms with Crippen LogP contribution in [0.25, 0.3) is 0 Å². The van der Waals surface area contributed by atoms with Crippen LogP contribution >= 0.6 is 0 Å². The normalized spacial score (nSPS) is 12.6. The Morgan fingerprint density at radius 3 is 2.04 bits per heavy atom. The summed E-state index contributed by atoms with van der Waals surface area (Å²) in [7, 11) is 4.86. The smallest absolute Gasteiger partial charge is 0.203 e. The van der Waals surface area contributed by atoms with Crippen LogP contribution in [0.3, 0.4) is 0 Å². The molecule has 0 aromatic heterocycles. The van der Waals surface area contributed by atoms with Gasteiger partial charge in [0.25, 0.3) is 0 Å². The molecule has 0 amide bonds. The molecule has 6 heteroatoms. The molecule has 2 atom stereocenters. The second-order valence-corrected chi connectivity index (χ2v) is 6.88. The van der Waals surface area contributed by atoms with Gasteiger partial charge in [0, 0.05) is 6.42 Å². The Labute approximate surface area is 174 Å². The van der Waals surface area contributed by atoms with Crippen molar-refractivity contribution in [1.82, 2.24) is 0 Å². The molecule has 0 saturated heterocycles. The van der Waals surface area contributed by atoms with E-state index in [0.717, 1.165) is 30.5 Å². The molecule has 2 aromatic carbocycles. The molecule has 0 heterocycles. The van der Waals surface area contributed by atoms with Gasteiger partial charge in [-0.05, 0) is 43.5 Å². The summed E-state index contributed by atoms with van der Waals surface area (Å²) in [5.74, 6) is 1.98. The molecule has 2 rings (SSSR count). The molecule has 28 heavy (non-hydrogen) atoms. The fourth-order valence-electron chi connectivity index (χ4n) is 3.16. The topological polar surface area (TPSA) is 64.5 Å². The van der Waals surface area contributed by atoms with Crippen molar-refractivity contribution in [3.05, 3.63) is 53.1 Å². The predicted molar refractivity (Wildman–Crippen MR) is 107 cm³/mol. The zero-order chi connectivity index (χ0) is 19.8. The van der Waals surface area contributed by atoms with Crippen molar-refractivity contribution in [3.63, 3.8) is 0 Å². The Balaban J connectivity index is 0.00000392. The maximum Gasteiger partial charge on any atom is 0.203 e. The Bertz CT molecular complexity index is 696. The van der Waals surface area contributed by atoms with Crippen molar-refractivity contribution >= 4 is 0 Å². The van der Waals surface area contributed by atoms with Crippen LogP contribution in [0, 0.1) is 6.92 Å². The van der Waals surface area contributed by atoms with E-state index in [1.807, 2.05) is 36.4 Å². The largest absolute Gasteiger partial charge is 1.00 e.